The lowest BCUT2D eigenvalue weighted by molar-refractivity contribution is 0.991. The lowest BCUT2D eigenvalue weighted by atomic mass is 10.0. The van der Waals surface area contributed by atoms with Gasteiger partial charge in [0.15, 0.2) is 11.6 Å². The minimum absolute atomic E-state index is 0. The van der Waals surface area contributed by atoms with E-state index in [1.807, 2.05) is 146 Å². The molecule has 0 radical (unpaired) electrons. The van der Waals surface area contributed by atoms with Crippen molar-refractivity contribution in [2.75, 3.05) is 0 Å². The molecule has 0 unspecified atom stereocenters. The van der Waals surface area contributed by atoms with Crippen LogP contribution in [0.1, 0.15) is 7.43 Å². The molecule has 0 N–H and O–H groups in total. The molecule has 0 atom stereocenters. The molecule has 0 aliphatic heterocycles. The fourth-order valence-corrected chi connectivity index (χ4v) is 5.70. The van der Waals surface area contributed by atoms with Crippen molar-refractivity contribution >= 4 is 0 Å². The number of hydrogen-bond donors (Lipinski definition) is 0. The Morgan fingerprint density at radius 1 is 0.224 bits per heavy atom. The van der Waals surface area contributed by atoms with E-state index in [-0.39, 0.29) is 7.43 Å². The lowest BCUT2D eigenvalue weighted by Crippen LogP contribution is -2.00. The Morgan fingerprint density at radius 2 is 0.490 bits per heavy atom. The van der Waals surface area contributed by atoms with E-state index in [1.54, 1.807) is 0 Å². The molecule has 234 valence electrons. The molecule has 6 aromatic carbocycles. The SMILES string of the molecule is C.c1ccc(-c2nnc(-c3ccc(-c4ccc(-c5nnc(-c6ccccc6)c(-c6ccccc6)n5)cc4)cc3)nc2-c2ccccc2)cc1. The van der Waals surface area contributed by atoms with Crippen LogP contribution >= 0.6 is 0 Å². The van der Waals surface area contributed by atoms with Crippen molar-refractivity contribution in [2.24, 2.45) is 0 Å². The largest absolute Gasteiger partial charge is 0.224 e. The van der Waals surface area contributed by atoms with Gasteiger partial charge in [0.2, 0.25) is 0 Å². The minimum atomic E-state index is 0. The molecule has 6 heteroatoms. The molecule has 8 aromatic rings. The topological polar surface area (TPSA) is 77.3 Å². The summed E-state index contributed by atoms with van der Waals surface area (Å²) < 4.78 is 0. The summed E-state index contributed by atoms with van der Waals surface area (Å²) in [7, 11) is 0. The van der Waals surface area contributed by atoms with Gasteiger partial charge in [-0.15, -0.1) is 20.4 Å². The summed E-state index contributed by atoms with van der Waals surface area (Å²) in [6.07, 6.45) is 0. The molecule has 0 spiro atoms. The maximum Gasteiger partial charge on any atom is 0.182 e. The van der Waals surface area contributed by atoms with E-state index in [0.717, 1.165) is 67.3 Å². The fourth-order valence-electron chi connectivity index (χ4n) is 5.70. The summed E-state index contributed by atoms with van der Waals surface area (Å²) in [5.74, 6) is 1.15. The Morgan fingerprint density at radius 3 is 0.796 bits per heavy atom. The van der Waals surface area contributed by atoms with Gasteiger partial charge in [0.25, 0.3) is 0 Å². The average Bonchev–Trinajstić information content (AvgIpc) is 3.19. The first-order chi connectivity index (χ1) is 23.8. The predicted octanol–water partition coefficient (Wildman–Crippen LogP) is 10.4. The Kier molecular flexibility index (Phi) is 8.84. The van der Waals surface area contributed by atoms with E-state index in [1.165, 1.54) is 0 Å². The maximum atomic E-state index is 5.00. The number of hydrogen-bond acceptors (Lipinski definition) is 6. The quantitative estimate of drug-likeness (QED) is 0.174. The van der Waals surface area contributed by atoms with Crippen LogP contribution in [0, 0.1) is 0 Å². The van der Waals surface area contributed by atoms with E-state index >= 15 is 0 Å². The second kappa shape index (κ2) is 14.0. The van der Waals surface area contributed by atoms with Gasteiger partial charge in [-0.1, -0.05) is 177 Å². The molecule has 0 amide bonds. The molecule has 0 saturated carbocycles. The van der Waals surface area contributed by atoms with E-state index in [2.05, 4.69) is 44.7 Å². The van der Waals surface area contributed by atoms with E-state index in [9.17, 15) is 0 Å². The summed E-state index contributed by atoms with van der Waals surface area (Å²) in [5.41, 5.74) is 11.0. The van der Waals surface area contributed by atoms with E-state index in [4.69, 9.17) is 9.97 Å². The van der Waals surface area contributed by atoms with Crippen LogP contribution in [-0.4, -0.2) is 30.4 Å². The van der Waals surface area contributed by atoms with Crippen LogP contribution in [0.15, 0.2) is 170 Å². The molecule has 8 rings (SSSR count). The zero-order chi connectivity index (χ0) is 32.1. The molecule has 0 aliphatic rings. The van der Waals surface area contributed by atoms with Gasteiger partial charge in [-0.3, -0.25) is 0 Å². The highest BCUT2D eigenvalue weighted by Crippen LogP contribution is 2.33. The Labute approximate surface area is 285 Å². The first-order valence-corrected chi connectivity index (χ1v) is 15.7. The van der Waals surface area contributed by atoms with Crippen molar-refractivity contribution < 1.29 is 0 Å². The number of nitrogens with zero attached hydrogens (tertiary/aromatic N) is 6. The summed E-state index contributed by atoms with van der Waals surface area (Å²) in [5, 5.41) is 18.3. The van der Waals surface area contributed by atoms with E-state index in [0.29, 0.717) is 11.6 Å². The van der Waals surface area contributed by atoms with Crippen molar-refractivity contribution in [2.45, 2.75) is 7.43 Å². The summed E-state index contributed by atoms with van der Waals surface area (Å²) >= 11 is 0. The van der Waals surface area contributed by atoms with Crippen LogP contribution in [0.4, 0.5) is 0 Å². The second-order valence-corrected chi connectivity index (χ2v) is 11.3. The highest BCUT2D eigenvalue weighted by atomic mass is 15.2. The van der Waals surface area contributed by atoms with Crippen LogP contribution in [-0.2, 0) is 0 Å². The second-order valence-electron chi connectivity index (χ2n) is 11.3. The third kappa shape index (κ3) is 6.48. The fraction of sp³-hybridized carbons (Fsp3) is 0.0233. The van der Waals surface area contributed by atoms with Gasteiger partial charge in [0.05, 0.1) is 0 Å². The van der Waals surface area contributed by atoms with Gasteiger partial charge in [-0.25, -0.2) is 9.97 Å². The summed E-state index contributed by atoms with van der Waals surface area (Å²) in [4.78, 5) is 10.00. The molecule has 2 aromatic heterocycles. The third-order valence-electron chi connectivity index (χ3n) is 8.18. The smallest absolute Gasteiger partial charge is 0.182 e. The number of aromatic nitrogens is 6. The molecule has 49 heavy (non-hydrogen) atoms. The Balaban J connectivity index is 0.00000378. The highest BCUT2D eigenvalue weighted by molar-refractivity contribution is 5.80. The van der Waals surface area contributed by atoms with Crippen molar-refractivity contribution in [3.8, 4) is 78.9 Å². The molecular weight excluding hydrogens is 601 g/mol. The average molecular weight is 633 g/mol. The summed E-state index contributed by atoms with van der Waals surface area (Å²) in [6.45, 7) is 0. The van der Waals surface area contributed by atoms with Crippen LogP contribution in [0.2, 0.25) is 0 Å². The number of benzene rings is 6. The maximum absolute atomic E-state index is 5.00. The third-order valence-corrected chi connectivity index (χ3v) is 8.18. The Bertz CT molecular complexity index is 2130. The molecule has 0 saturated heterocycles. The van der Waals surface area contributed by atoms with Gasteiger partial charge in [0, 0.05) is 33.4 Å². The van der Waals surface area contributed by atoms with Gasteiger partial charge < -0.3 is 0 Å². The van der Waals surface area contributed by atoms with Crippen LogP contribution in [0.3, 0.4) is 0 Å². The molecule has 2 heterocycles. The lowest BCUT2D eigenvalue weighted by Gasteiger charge is -2.11. The van der Waals surface area contributed by atoms with Crippen molar-refractivity contribution in [1.82, 2.24) is 30.4 Å². The van der Waals surface area contributed by atoms with Crippen LogP contribution in [0.5, 0.6) is 0 Å². The Hall–Kier alpha value is -6.66. The molecule has 6 nitrogen and oxygen atoms in total. The van der Waals surface area contributed by atoms with Crippen molar-refractivity contribution in [1.29, 1.82) is 0 Å². The molecule has 0 bridgehead atoms. The minimum Gasteiger partial charge on any atom is -0.224 e. The molecule has 0 aliphatic carbocycles. The van der Waals surface area contributed by atoms with Crippen LogP contribution < -0.4 is 0 Å². The predicted molar refractivity (Wildman–Crippen MR) is 198 cm³/mol. The number of rotatable bonds is 7. The van der Waals surface area contributed by atoms with Crippen molar-refractivity contribution in [3.63, 3.8) is 0 Å². The van der Waals surface area contributed by atoms with E-state index < -0.39 is 0 Å². The first-order valence-electron chi connectivity index (χ1n) is 15.7. The van der Waals surface area contributed by atoms with Crippen molar-refractivity contribution in [3.05, 3.63) is 170 Å². The standard InChI is InChI=1S/C42H28N6.CH4/c1-5-13-31(14-6-1)37-39(33-17-9-3-10-18-33)45-47-41(43-37)35-25-21-29(22-26-35)30-23-27-36(28-24-30)42-44-38(32-15-7-2-8-16-32)40(46-48-42)34-19-11-4-12-20-34;/h1-28H;1H4. The normalized spacial score (nSPS) is 10.7. The monoisotopic (exact) mass is 632 g/mol. The van der Waals surface area contributed by atoms with Gasteiger partial charge >= 0.3 is 0 Å². The van der Waals surface area contributed by atoms with Gasteiger partial charge in [-0.2, -0.15) is 0 Å². The summed E-state index contributed by atoms with van der Waals surface area (Å²) in [6, 6.07) is 56.8. The zero-order valence-corrected chi connectivity index (χ0v) is 25.8. The zero-order valence-electron chi connectivity index (χ0n) is 25.8. The molecule has 0 fully saturated rings. The van der Waals surface area contributed by atoms with Gasteiger partial charge in [-0.05, 0) is 11.1 Å². The van der Waals surface area contributed by atoms with Gasteiger partial charge in [0.1, 0.15) is 22.8 Å². The molecular formula is C43H32N6. The van der Waals surface area contributed by atoms with Crippen LogP contribution in [0.25, 0.3) is 78.9 Å². The highest BCUT2D eigenvalue weighted by Gasteiger charge is 2.16. The first kappa shape index (κ1) is 31.0.